The molecule has 4 aromatic rings. The lowest BCUT2D eigenvalue weighted by Crippen LogP contribution is -2.48. The number of hydrogen-bond donors (Lipinski definition) is 0. The van der Waals surface area contributed by atoms with E-state index in [-0.39, 0.29) is 11.7 Å². The highest BCUT2D eigenvalue weighted by Gasteiger charge is 2.24. The number of piperazine rings is 1. The fourth-order valence-electron chi connectivity index (χ4n) is 3.80. The Morgan fingerprint density at radius 1 is 1.03 bits per heavy atom. The molecular formula is C22H20ClFN6O. The first-order valence-electron chi connectivity index (χ1n) is 10.0. The number of rotatable bonds is 4. The summed E-state index contributed by atoms with van der Waals surface area (Å²) in [7, 11) is 0. The van der Waals surface area contributed by atoms with Gasteiger partial charge in [0.2, 0.25) is 0 Å². The number of fused-ring (bicyclic) bond motifs is 1. The first-order valence-corrected chi connectivity index (χ1v) is 10.4. The van der Waals surface area contributed by atoms with Crippen LogP contribution in [0.4, 0.5) is 4.39 Å². The Hall–Kier alpha value is -3.23. The van der Waals surface area contributed by atoms with Gasteiger partial charge in [-0.05, 0) is 30.3 Å². The highest BCUT2D eigenvalue weighted by molar-refractivity contribution is 6.30. The molecule has 0 spiro atoms. The molecule has 0 unspecified atom stereocenters. The average Bonchev–Trinajstić information content (AvgIpc) is 3.41. The van der Waals surface area contributed by atoms with Gasteiger partial charge in [0.15, 0.2) is 5.69 Å². The number of benzene rings is 1. The Kier molecular flexibility index (Phi) is 5.17. The van der Waals surface area contributed by atoms with Gasteiger partial charge in [-0.25, -0.2) is 14.1 Å². The molecule has 1 amide bonds. The molecule has 158 valence electrons. The normalized spacial score (nSPS) is 15.0. The minimum atomic E-state index is -0.382. The van der Waals surface area contributed by atoms with Gasteiger partial charge in [-0.2, -0.15) is 5.10 Å². The van der Waals surface area contributed by atoms with Crippen molar-refractivity contribution in [2.45, 2.75) is 6.54 Å². The number of hydrogen-bond acceptors (Lipinski definition) is 4. The molecule has 31 heavy (non-hydrogen) atoms. The predicted molar refractivity (Wildman–Crippen MR) is 115 cm³/mol. The molecule has 0 radical (unpaired) electrons. The molecule has 7 nitrogen and oxygen atoms in total. The zero-order chi connectivity index (χ0) is 21.4. The fourth-order valence-corrected chi connectivity index (χ4v) is 3.97. The molecule has 1 aliphatic rings. The second-order valence-electron chi connectivity index (χ2n) is 7.51. The molecule has 3 aromatic heterocycles. The van der Waals surface area contributed by atoms with E-state index >= 15 is 0 Å². The van der Waals surface area contributed by atoms with E-state index in [1.165, 1.54) is 10.7 Å². The maximum atomic E-state index is 14.0. The molecule has 1 saturated heterocycles. The van der Waals surface area contributed by atoms with Crippen molar-refractivity contribution in [1.29, 1.82) is 0 Å². The van der Waals surface area contributed by atoms with E-state index < -0.39 is 0 Å². The zero-order valence-corrected chi connectivity index (χ0v) is 17.4. The molecule has 4 heterocycles. The summed E-state index contributed by atoms with van der Waals surface area (Å²) in [4.78, 5) is 21.5. The minimum Gasteiger partial charge on any atom is -0.335 e. The van der Waals surface area contributed by atoms with Crippen molar-refractivity contribution in [3.8, 4) is 5.69 Å². The van der Waals surface area contributed by atoms with Crippen molar-refractivity contribution in [3.63, 3.8) is 0 Å². The van der Waals surface area contributed by atoms with Crippen molar-refractivity contribution in [2.24, 2.45) is 0 Å². The van der Waals surface area contributed by atoms with Crippen molar-refractivity contribution in [2.75, 3.05) is 26.2 Å². The Morgan fingerprint density at radius 3 is 2.65 bits per heavy atom. The smallest absolute Gasteiger partial charge is 0.274 e. The van der Waals surface area contributed by atoms with E-state index in [0.29, 0.717) is 36.0 Å². The summed E-state index contributed by atoms with van der Waals surface area (Å²) in [6.07, 6.45) is 5.43. The van der Waals surface area contributed by atoms with Gasteiger partial charge in [-0.3, -0.25) is 9.69 Å². The van der Waals surface area contributed by atoms with Crippen LogP contribution in [0, 0.1) is 5.82 Å². The van der Waals surface area contributed by atoms with Crippen LogP contribution in [0.25, 0.3) is 11.3 Å². The summed E-state index contributed by atoms with van der Waals surface area (Å²) >= 11 is 6.04. The van der Waals surface area contributed by atoms with Gasteiger partial charge in [0.1, 0.15) is 17.2 Å². The van der Waals surface area contributed by atoms with Crippen molar-refractivity contribution in [1.82, 2.24) is 29.0 Å². The number of nitrogens with zero attached hydrogens (tertiary/aromatic N) is 6. The third kappa shape index (κ3) is 4.04. The first kappa shape index (κ1) is 19.7. The fraction of sp³-hybridized carbons (Fsp3) is 0.227. The van der Waals surface area contributed by atoms with E-state index in [4.69, 9.17) is 11.6 Å². The van der Waals surface area contributed by atoms with Gasteiger partial charge < -0.3 is 9.30 Å². The molecule has 9 heteroatoms. The number of para-hydroxylation sites is 1. The standard InChI is InChI=1S/C22H20ClFN6O/c23-16-5-6-21-25-17(15-29(21)13-16)14-27-9-11-28(12-10-27)22(31)19-7-8-30(26-19)20-4-2-1-3-18(20)24/h1-8,13,15H,9-12,14H2. The predicted octanol–water partition coefficient (Wildman–Crippen LogP) is 3.27. The van der Waals surface area contributed by atoms with Crippen LogP contribution in [-0.4, -0.2) is 61.1 Å². The second-order valence-corrected chi connectivity index (χ2v) is 7.95. The first-order chi connectivity index (χ1) is 15.1. The van der Waals surface area contributed by atoms with Crippen LogP contribution in [0.5, 0.6) is 0 Å². The van der Waals surface area contributed by atoms with Crippen molar-refractivity contribution >= 4 is 23.2 Å². The lowest BCUT2D eigenvalue weighted by molar-refractivity contribution is 0.0621. The lowest BCUT2D eigenvalue weighted by Gasteiger charge is -2.33. The number of aromatic nitrogens is 4. The largest absolute Gasteiger partial charge is 0.335 e. The third-order valence-electron chi connectivity index (χ3n) is 5.42. The maximum Gasteiger partial charge on any atom is 0.274 e. The van der Waals surface area contributed by atoms with Gasteiger partial charge in [0.05, 0.1) is 10.7 Å². The van der Waals surface area contributed by atoms with E-state index in [2.05, 4.69) is 15.0 Å². The van der Waals surface area contributed by atoms with Gasteiger partial charge in [-0.1, -0.05) is 23.7 Å². The Labute approximate surface area is 183 Å². The number of carbonyl (C=O) groups excluding carboxylic acids is 1. The SMILES string of the molecule is O=C(c1ccn(-c2ccccc2F)n1)N1CCN(Cc2cn3cc(Cl)ccc3n2)CC1. The van der Waals surface area contributed by atoms with Gasteiger partial charge in [-0.15, -0.1) is 0 Å². The highest BCUT2D eigenvalue weighted by atomic mass is 35.5. The molecule has 1 aromatic carbocycles. The minimum absolute atomic E-state index is 0.142. The summed E-state index contributed by atoms with van der Waals surface area (Å²) in [6, 6.07) is 11.7. The number of pyridine rings is 1. The number of amides is 1. The molecule has 0 saturated carbocycles. The summed E-state index contributed by atoms with van der Waals surface area (Å²) in [5, 5.41) is 4.95. The second kappa shape index (κ2) is 8.13. The summed E-state index contributed by atoms with van der Waals surface area (Å²) < 4.78 is 17.3. The van der Waals surface area contributed by atoms with Gasteiger partial charge in [0, 0.05) is 51.3 Å². The van der Waals surface area contributed by atoms with Crippen LogP contribution < -0.4 is 0 Å². The maximum absolute atomic E-state index is 14.0. The third-order valence-corrected chi connectivity index (χ3v) is 5.64. The summed E-state index contributed by atoms with van der Waals surface area (Å²) in [5.74, 6) is -0.524. The van der Waals surface area contributed by atoms with Gasteiger partial charge >= 0.3 is 0 Å². The van der Waals surface area contributed by atoms with Crippen LogP contribution in [0.15, 0.2) is 61.1 Å². The quantitative estimate of drug-likeness (QED) is 0.490. The lowest BCUT2D eigenvalue weighted by atomic mass is 10.2. The Morgan fingerprint density at radius 2 is 1.84 bits per heavy atom. The number of halogens is 2. The van der Waals surface area contributed by atoms with E-state index in [1.54, 1.807) is 35.4 Å². The van der Waals surface area contributed by atoms with Crippen LogP contribution in [-0.2, 0) is 6.54 Å². The van der Waals surface area contributed by atoms with Crippen LogP contribution in [0.1, 0.15) is 16.2 Å². The van der Waals surface area contributed by atoms with Crippen LogP contribution in [0.3, 0.4) is 0 Å². The zero-order valence-electron chi connectivity index (χ0n) is 16.7. The van der Waals surface area contributed by atoms with Crippen LogP contribution >= 0.6 is 11.6 Å². The molecule has 1 fully saturated rings. The Bertz CT molecular complexity index is 1240. The molecule has 5 rings (SSSR count). The monoisotopic (exact) mass is 438 g/mol. The molecule has 0 aliphatic carbocycles. The van der Waals surface area contributed by atoms with Crippen LogP contribution in [0.2, 0.25) is 5.02 Å². The average molecular weight is 439 g/mol. The molecular weight excluding hydrogens is 419 g/mol. The van der Waals surface area contributed by atoms with Crippen molar-refractivity contribution < 1.29 is 9.18 Å². The summed E-state index contributed by atoms with van der Waals surface area (Å²) in [5.41, 5.74) is 2.46. The van der Waals surface area contributed by atoms with Gasteiger partial charge in [0.25, 0.3) is 5.91 Å². The van der Waals surface area contributed by atoms with E-state index in [0.717, 1.165) is 24.4 Å². The molecule has 1 aliphatic heterocycles. The molecule has 0 N–H and O–H groups in total. The highest BCUT2D eigenvalue weighted by Crippen LogP contribution is 2.16. The molecule has 0 atom stereocenters. The topological polar surface area (TPSA) is 58.7 Å². The molecule has 0 bridgehead atoms. The number of carbonyl (C=O) groups is 1. The number of imidazole rings is 1. The van der Waals surface area contributed by atoms with E-state index in [9.17, 15) is 9.18 Å². The van der Waals surface area contributed by atoms with E-state index in [1.807, 2.05) is 28.9 Å². The van der Waals surface area contributed by atoms with Crippen molar-refractivity contribution in [3.05, 3.63) is 83.3 Å². The Balaban J connectivity index is 1.21. The summed E-state index contributed by atoms with van der Waals surface area (Å²) in [6.45, 7) is 3.40.